The number of hydrogen-bond donors (Lipinski definition) is 3. The number of aliphatic hydroxyl groups is 1. The van der Waals surface area contributed by atoms with Gasteiger partial charge in [0.25, 0.3) is 0 Å². The summed E-state index contributed by atoms with van der Waals surface area (Å²) in [6.45, 7) is 0.666. The molecule has 124 valence electrons. The molecule has 3 atom stereocenters. The second kappa shape index (κ2) is 5.10. The average molecular weight is 338 g/mol. The summed E-state index contributed by atoms with van der Waals surface area (Å²) in [7, 11) is 0. The molecule has 0 radical (unpaired) electrons. The third-order valence-corrected chi connectivity index (χ3v) is 6.50. The Morgan fingerprint density at radius 1 is 1.39 bits per heavy atom. The van der Waals surface area contributed by atoms with E-state index in [-0.39, 0.29) is 36.0 Å². The molecular formula is C17H20ClNO4. The topological polar surface area (TPSA) is 81.0 Å². The molecule has 3 N–H and O–H groups in total. The van der Waals surface area contributed by atoms with Gasteiger partial charge in [-0.15, -0.1) is 0 Å². The van der Waals surface area contributed by atoms with Gasteiger partial charge in [0.1, 0.15) is 5.78 Å². The lowest BCUT2D eigenvalue weighted by Gasteiger charge is -2.58. The van der Waals surface area contributed by atoms with Crippen LogP contribution in [0.4, 0.5) is 0 Å². The highest BCUT2D eigenvalue weighted by Crippen LogP contribution is 2.59. The Bertz CT molecular complexity index is 692. The van der Waals surface area contributed by atoms with Crippen LogP contribution in [0.25, 0.3) is 0 Å². The normalized spacial score (nSPS) is 33.2. The minimum absolute atomic E-state index is 0.0117. The number of carbonyl (C=O) groups excluding carboxylic acids is 1. The predicted molar refractivity (Wildman–Crippen MR) is 84.7 cm³/mol. The fraction of sp³-hybridized carbons (Fsp3) is 0.588. The lowest BCUT2D eigenvalue weighted by molar-refractivity contribution is -0.128. The van der Waals surface area contributed by atoms with Crippen molar-refractivity contribution in [3.8, 4) is 11.5 Å². The molecule has 3 unspecified atom stereocenters. The largest absolute Gasteiger partial charge is 0.504 e. The van der Waals surface area contributed by atoms with Crippen molar-refractivity contribution >= 4 is 17.4 Å². The molecule has 6 heteroatoms. The summed E-state index contributed by atoms with van der Waals surface area (Å²) in [6.07, 6.45) is 2.99. The zero-order valence-electron chi connectivity index (χ0n) is 12.8. The van der Waals surface area contributed by atoms with Gasteiger partial charge in [-0.3, -0.25) is 9.69 Å². The number of nitrogens with zero attached hydrogens (tertiary/aromatic N) is 1. The van der Waals surface area contributed by atoms with Gasteiger partial charge in [-0.25, -0.2) is 0 Å². The van der Waals surface area contributed by atoms with E-state index in [9.17, 15) is 20.1 Å². The number of phenols is 2. The molecule has 23 heavy (non-hydrogen) atoms. The minimum atomic E-state index is -0.467. The zero-order chi connectivity index (χ0) is 16.4. The van der Waals surface area contributed by atoms with E-state index in [2.05, 4.69) is 0 Å². The molecule has 3 aliphatic rings. The lowest BCUT2D eigenvalue weighted by atomic mass is 9.52. The summed E-state index contributed by atoms with van der Waals surface area (Å²) in [5.41, 5.74) is 1.02. The second-order valence-electron chi connectivity index (χ2n) is 7.07. The van der Waals surface area contributed by atoms with Crippen molar-refractivity contribution in [2.75, 3.05) is 13.3 Å². The summed E-state index contributed by atoms with van der Waals surface area (Å²) in [4.78, 5) is 14.3. The fourth-order valence-corrected chi connectivity index (χ4v) is 5.49. The molecule has 2 fully saturated rings. The quantitative estimate of drug-likeness (QED) is 0.682. The Hall–Kier alpha value is -1.30. The SMILES string of the molecule is O=C1CCC2C3Cc4c(Cl)cc(O)c(O)c4C2(CCN3CO)C1. The number of likely N-dealkylation sites (tertiary alicyclic amines) is 1. The highest BCUT2D eigenvalue weighted by Gasteiger charge is 2.57. The van der Waals surface area contributed by atoms with E-state index in [0.717, 1.165) is 12.0 Å². The monoisotopic (exact) mass is 337 g/mol. The zero-order valence-corrected chi connectivity index (χ0v) is 13.5. The first-order chi connectivity index (χ1) is 11.0. The van der Waals surface area contributed by atoms with Crippen molar-refractivity contribution in [3.63, 3.8) is 0 Å². The van der Waals surface area contributed by atoms with E-state index in [1.54, 1.807) is 0 Å². The molecule has 2 bridgehead atoms. The first-order valence-corrected chi connectivity index (χ1v) is 8.46. The number of fused-ring (bicyclic) bond motifs is 1. The molecule has 1 aromatic rings. The summed E-state index contributed by atoms with van der Waals surface area (Å²) in [5.74, 6) is 0.0458. The maximum absolute atomic E-state index is 12.2. The lowest BCUT2D eigenvalue weighted by Crippen LogP contribution is -2.62. The van der Waals surface area contributed by atoms with E-state index in [4.69, 9.17) is 11.6 Å². The average Bonchev–Trinajstić information content (AvgIpc) is 2.51. The van der Waals surface area contributed by atoms with E-state index < -0.39 is 5.41 Å². The molecule has 5 nitrogen and oxygen atoms in total. The molecule has 4 rings (SSSR count). The van der Waals surface area contributed by atoms with Crippen LogP contribution >= 0.6 is 11.6 Å². The Morgan fingerprint density at radius 2 is 2.17 bits per heavy atom. The number of Topliss-reactive ketones (excluding diaryl/α,β-unsaturated/α-hetero) is 1. The number of carbonyl (C=O) groups is 1. The Balaban J connectivity index is 1.97. The summed E-state index contributed by atoms with van der Waals surface area (Å²) < 4.78 is 0. The van der Waals surface area contributed by atoms with Crippen molar-refractivity contribution in [3.05, 3.63) is 22.2 Å². The smallest absolute Gasteiger partial charge is 0.161 e. The van der Waals surface area contributed by atoms with E-state index in [1.165, 1.54) is 6.07 Å². The molecular weight excluding hydrogens is 318 g/mol. The Labute approximate surface area is 139 Å². The van der Waals surface area contributed by atoms with Crippen molar-refractivity contribution in [1.29, 1.82) is 0 Å². The van der Waals surface area contributed by atoms with Crippen LogP contribution in [-0.4, -0.2) is 45.3 Å². The summed E-state index contributed by atoms with van der Waals surface area (Å²) in [5, 5.41) is 30.7. The fourth-order valence-electron chi connectivity index (χ4n) is 5.22. The van der Waals surface area contributed by atoms with Crippen LogP contribution < -0.4 is 0 Å². The van der Waals surface area contributed by atoms with Crippen LogP contribution in [0.2, 0.25) is 5.02 Å². The van der Waals surface area contributed by atoms with Crippen molar-refractivity contribution < 1.29 is 20.1 Å². The maximum atomic E-state index is 12.2. The molecule has 2 aliphatic carbocycles. The molecule has 1 saturated carbocycles. The predicted octanol–water partition coefficient (Wildman–Crippen LogP) is 1.94. The van der Waals surface area contributed by atoms with Crippen LogP contribution in [0, 0.1) is 5.92 Å². The van der Waals surface area contributed by atoms with Gasteiger partial charge in [0.15, 0.2) is 11.5 Å². The van der Waals surface area contributed by atoms with Gasteiger partial charge in [0, 0.05) is 47.5 Å². The van der Waals surface area contributed by atoms with Gasteiger partial charge in [0.05, 0.1) is 6.73 Å². The third-order valence-electron chi connectivity index (χ3n) is 6.16. The number of aromatic hydroxyl groups is 2. The van der Waals surface area contributed by atoms with Crippen LogP contribution in [0.1, 0.15) is 36.8 Å². The van der Waals surface area contributed by atoms with Crippen LogP contribution in [0.15, 0.2) is 6.07 Å². The third kappa shape index (κ3) is 1.96. The number of phenolic OH excluding ortho intramolecular Hbond substituents is 2. The van der Waals surface area contributed by atoms with Gasteiger partial charge < -0.3 is 15.3 Å². The van der Waals surface area contributed by atoms with Gasteiger partial charge in [-0.1, -0.05) is 11.6 Å². The highest BCUT2D eigenvalue weighted by atomic mass is 35.5. The number of rotatable bonds is 1. The number of hydrogen-bond acceptors (Lipinski definition) is 5. The number of benzene rings is 1. The van der Waals surface area contributed by atoms with Crippen LogP contribution in [0.5, 0.6) is 11.5 Å². The molecule has 1 aromatic carbocycles. The van der Waals surface area contributed by atoms with Crippen molar-refractivity contribution in [2.24, 2.45) is 5.92 Å². The standard InChI is InChI=1S/C17H20ClNO4/c18-12-6-14(22)16(23)15-10(12)5-13-11-2-1-9(21)7-17(11,15)3-4-19(13)8-20/h6,11,13,20,22-23H,1-5,7-8H2. The first kappa shape index (κ1) is 15.2. The van der Waals surface area contributed by atoms with E-state index >= 15 is 0 Å². The number of ketones is 1. The van der Waals surface area contributed by atoms with Gasteiger partial charge >= 0.3 is 0 Å². The summed E-state index contributed by atoms with van der Waals surface area (Å²) >= 11 is 6.35. The first-order valence-electron chi connectivity index (χ1n) is 8.08. The van der Waals surface area contributed by atoms with Gasteiger partial charge in [0.2, 0.25) is 0 Å². The molecule has 0 aromatic heterocycles. The van der Waals surface area contributed by atoms with E-state index in [0.29, 0.717) is 42.8 Å². The van der Waals surface area contributed by atoms with Gasteiger partial charge in [-0.05, 0) is 30.7 Å². The molecule has 1 saturated heterocycles. The van der Waals surface area contributed by atoms with E-state index in [1.807, 2.05) is 4.90 Å². The van der Waals surface area contributed by atoms with Crippen LogP contribution in [0.3, 0.4) is 0 Å². The Morgan fingerprint density at radius 3 is 2.91 bits per heavy atom. The number of piperidine rings is 1. The number of aliphatic hydroxyl groups excluding tert-OH is 1. The highest BCUT2D eigenvalue weighted by molar-refractivity contribution is 6.31. The molecule has 1 aliphatic heterocycles. The maximum Gasteiger partial charge on any atom is 0.161 e. The van der Waals surface area contributed by atoms with Crippen molar-refractivity contribution in [1.82, 2.24) is 4.90 Å². The number of halogens is 1. The summed E-state index contributed by atoms with van der Waals surface area (Å²) in [6, 6.07) is 1.49. The minimum Gasteiger partial charge on any atom is -0.504 e. The second-order valence-corrected chi connectivity index (χ2v) is 7.48. The molecule has 0 amide bonds. The van der Waals surface area contributed by atoms with Crippen molar-refractivity contribution in [2.45, 2.75) is 43.6 Å². The molecule has 0 spiro atoms. The van der Waals surface area contributed by atoms with Crippen LogP contribution in [-0.2, 0) is 16.6 Å². The van der Waals surface area contributed by atoms with Gasteiger partial charge in [-0.2, -0.15) is 0 Å². The Kier molecular flexibility index (Phi) is 3.38. The molecule has 1 heterocycles.